The van der Waals surface area contributed by atoms with Gasteiger partial charge in [0.05, 0.1) is 24.0 Å². The molecule has 0 aliphatic carbocycles. The largest absolute Gasteiger partial charge is 0.494 e. The molecule has 2 aliphatic heterocycles. The number of amides is 2. The van der Waals surface area contributed by atoms with Gasteiger partial charge in [0.2, 0.25) is 5.91 Å². The topological polar surface area (TPSA) is 59.1 Å². The minimum absolute atomic E-state index is 0.304. The van der Waals surface area contributed by atoms with E-state index in [0.717, 1.165) is 4.90 Å². The van der Waals surface area contributed by atoms with Gasteiger partial charge in [0.15, 0.2) is 6.10 Å². The number of benzene rings is 3. The molecule has 32 heavy (non-hydrogen) atoms. The first kappa shape index (κ1) is 20.2. The van der Waals surface area contributed by atoms with Crippen molar-refractivity contribution in [1.29, 1.82) is 0 Å². The van der Waals surface area contributed by atoms with E-state index in [1.807, 2.05) is 25.1 Å². The van der Waals surface area contributed by atoms with E-state index in [1.165, 1.54) is 11.1 Å². The smallest absolute Gasteiger partial charge is 0.266 e. The van der Waals surface area contributed by atoms with E-state index in [0.29, 0.717) is 29.3 Å². The zero-order valence-electron chi connectivity index (χ0n) is 17.4. The molecule has 2 heterocycles. The van der Waals surface area contributed by atoms with Crippen LogP contribution < -0.4 is 14.7 Å². The molecule has 0 aromatic heterocycles. The lowest BCUT2D eigenvalue weighted by atomic mass is 9.90. The maximum atomic E-state index is 14.8. The zero-order valence-corrected chi connectivity index (χ0v) is 17.4. The van der Waals surface area contributed by atoms with Gasteiger partial charge in [-0.05, 0) is 49.4 Å². The summed E-state index contributed by atoms with van der Waals surface area (Å²) in [5.41, 5.74) is 1.38. The van der Waals surface area contributed by atoms with Crippen molar-refractivity contribution in [3.63, 3.8) is 0 Å². The van der Waals surface area contributed by atoms with Crippen LogP contribution in [0.15, 0.2) is 78.9 Å². The van der Waals surface area contributed by atoms with Gasteiger partial charge >= 0.3 is 0 Å². The molecule has 0 bridgehead atoms. The molecule has 6 nitrogen and oxygen atoms in total. The van der Waals surface area contributed by atoms with Gasteiger partial charge in [-0.1, -0.05) is 36.4 Å². The molecule has 5 rings (SSSR count). The summed E-state index contributed by atoms with van der Waals surface area (Å²) >= 11 is 0. The average Bonchev–Trinajstić information content (AvgIpc) is 3.32. The molecule has 7 heteroatoms. The van der Waals surface area contributed by atoms with Gasteiger partial charge in [-0.15, -0.1) is 0 Å². The molecular formula is C25H21FN2O4. The lowest BCUT2D eigenvalue weighted by Crippen LogP contribution is -2.37. The first-order valence-corrected chi connectivity index (χ1v) is 10.5. The molecule has 3 atom stereocenters. The lowest BCUT2D eigenvalue weighted by molar-refractivity contribution is -0.126. The summed E-state index contributed by atoms with van der Waals surface area (Å²) in [6, 6.07) is 21.3. The van der Waals surface area contributed by atoms with Crippen LogP contribution in [0.1, 0.15) is 18.5 Å². The Bertz CT molecular complexity index is 1150. The fourth-order valence-electron chi connectivity index (χ4n) is 4.36. The number of carbonyl (C=O) groups excluding carboxylic acids is 2. The second-order valence-corrected chi connectivity index (χ2v) is 7.62. The third kappa shape index (κ3) is 3.22. The number of ether oxygens (including phenoxy) is 1. The number of halogens is 1. The van der Waals surface area contributed by atoms with Crippen molar-refractivity contribution in [2.24, 2.45) is 5.92 Å². The predicted molar refractivity (Wildman–Crippen MR) is 117 cm³/mol. The minimum atomic E-state index is -1.04. The van der Waals surface area contributed by atoms with Gasteiger partial charge < -0.3 is 4.74 Å². The Labute approximate surface area is 184 Å². The number of imide groups is 1. The SMILES string of the molecule is CCOc1ccc(N2C(=O)[C@@H]3[C@H](ON(c4ccccc4)[C@H]3c3ccccc3F)C2=O)cc1. The number of rotatable bonds is 5. The summed E-state index contributed by atoms with van der Waals surface area (Å²) in [6.07, 6.45) is -1.04. The van der Waals surface area contributed by atoms with Crippen LogP contribution in [-0.2, 0) is 14.4 Å². The summed E-state index contributed by atoms with van der Waals surface area (Å²) in [4.78, 5) is 33.9. The number of anilines is 2. The molecule has 2 fully saturated rings. The van der Waals surface area contributed by atoms with Crippen LogP contribution in [0.4, 0.5) is 15.8 Å². The van der Waals surface area contributed by atoms with Gasteiger partial charge in [0.1, 0.15) is 17.5 Å². The first-order valence-electron chi connectivity index (χ1n) is 10.5. The van der Waals surface area contributed by atoms with Gasteiger partial charge in [-0.3, -0.25) is 14.4 Å². The van der Waals surface area contributed by atoms with Crippen molar-refractivity contribution in [3.8, 4) is 5.75 Å². The summed E-state index contributed by atoms with van der Waals surface area (Å²) < 4.78 is 20.3. The van der Waals surface area contributed by atoms with E-state index < -0.39 is 35.7 Å². The maximum absolute atomic E-state index is 14.8. The van der Waals surface area contributed by atoms with Crippen LogP contribution in [0.25, 0.3) is 0 Å². The Hall–Kier alpha value is -3.71. The highest BCUT2D eigenvalue weighted by atomic mass is 19.1. The van der Waals surface area contributed by atoms with Crippen LogP contribution in [0.2, 0.25) is 0 Å². The Morgan fingerprint density at radius 2 is 1.56 bits per heavy atom. The van der Waals surface area contributed by atoms with Crippen molar-refractivity contribution in [2.75, 3.05) is 16.6 Å². The number of para-hydroxylation sites is 1. The Balaban J connectivity index is 1.55. The number of hydrogen-bond donors (Lipinski definition) is 0. The molecule has 3 aromatic rings. The normalized spacial score (nSPS) is 22.4. The van der Waals surface area contributed by atoms with Crippen molar-refractivity contribution in [2.45, 2.75) is 19.1 Å². The minimum Gasteiger partial charge on any atom is -0.494 e. The van der Waals surface area contributed by atoms with Crippen LogP contribution in [-0.4, -0.2) is 24.5 Å². The molecule has 0 radical (unpaired) electrons. The Kier molecular flexibility index (Phi) is 5.11. The quantitative estimate of drug-likeness (QED) is 0.564. The second kappa shape index (κ2) is 8.09. The third-order valence-electron chi connectivity index (χ3n) is 5.76. The van der Waals surface area contributed by atoms with Crippen LogP contribution in [0.3, 0.4) is 0 Å². The van der Waals surface area contributed by atoms with Gasteiger partial charge in [0.25, 0.3) is 5.91 Å². The summed E-state index contributed by atoms with van der Waals surface area (Å²) in [5, 5.41) is 1.49. The number of carbonyl (C=O) groups is 2. The molecular weight excluding hydrogens is 411 g/mol. The van der Waals surface area contributed by atoms with Crippen LogP contribution >= 0.6 is 0 Å². The Morgan fingerprint density at radius 1 is 0.875 bits per heavy atom. The highest BCUT2D eigenvalue weighted by molar-refractivity contribution is 6.23. The molecule has 0 unspecified atom stereocenters. The molecule has 2 amide bonds. The fraction of sp³-hybridized carbons (Fsp3) is 0.200. The molecule has 0 saturated carbocycles. The van der Waals surface area contributed by atoms with Crippen molar-refractivity contribution >= 4 is 23.2 Å². The number of fused-ring (bicyclic) bond motifs is 1. The average molecular weight is 432 g/mol. The fourth-order valence-corrected chi connectivity index (χ4v) is 4.36. The lowest BCUT2D eigenvalue weighted by Gasteiger charge is -2.29. The highest BCUT2D eigenvalue weighted by Crippen LogP contribution is 2.48. The van der Waals surface area contributed by atoms with Crippen molar-refractivity contribution < 1.29 is 23.6 Å². The van der Waals surface area contributed by atoms with Gasteiger partial charge in [-0.2, -0.15) is 0 Å². The van der Waals surface area contributed by atoms with E-state index in [2.05, 4.69) is 0 Å². The zero-order chi connectivity index (χ0) is 22.2. The van der Waals surface area contributed by atoms with Crippen molar-refractivity contribution in [1.82, 2.24) is 0 Å². The molecule has 0 spiro atoms. The number of hydrogen-bond acceptors (Lipinski definition) is 5. The van der Waals surface area contributed by atoms with Crippen LogP contribution in [0.5, 0.6) is 5.75 Å². The molecule has 162 valence electrons. The highest BCUT2D eigenvalue weighted by Gasteiger charge is 2.60. The van der Waals surface area contributed by atoms with Gasteiger partial charge in [0, 0.05) is 5.56 Å². The van der Waals surface area contributed by atoms with Crippen LogP contribution in [0, 0.1) is 11.7 Å². The van der Waals surface area contributed by atoms with E-state index >= 15 is 0 Å². The number of hydroxylamine groups is 1. The maximum Gasteiger partial charge on any atom is 0.266 e. The summed E-state index contributed by atoms with van der Waals surface area (Å²) in [6.45, 7) is 2.39. The Morgan fingerprint density at radius 3 is 2.25 bits per heavy atom. The van der Waals surface area contributed by atoms with E-state index in [1.54, 1.807) is 54.6 Å². The van der Waals surface area contributed by atoms with Gasteiger partial charge in [-0.25, -0.2) is 14.4 Å². The molecule has 0 N–H and O–H groups in total. The number of nitrogens with zero attached hydrogens (tertiary/aromatic N) is 2. The summed E-state index contributed by atoms with van der Waals surface area (Å²) in [5.74, 6) is -1.58. The van der Waals surface area contributed by atoms with E-state index in [4.69, 9.17) is 9.57 Å². The predicted octanol–water partition coefficient (Wildman–Crippen LogP) is 4.28. The molecule has 2 aliphatic rings. The standard InChI is InChI=1S/C25H21FN2O4/c1-2-31-18-14-12-16(13-15-18)27-24(29)21-22(19-10-6-7-11-20(19)26)28(32-23(21)25(27)30)17-8-4-3-5-9-17/h3-15,21-23H,2H2,1H3/t21-,22-,23-/m0/s1. The molecule has 3 aromatic carbocycles. The second-order valence-electron chi connectivity index (χ2n) is 7.62. The monoisotopic (exact) mass is 432 g/mol. The molecule has 2 saturated heterocycles. The van der Waals surface area contributed by atoms with E-state index in [-0.39, 0.29) is 0 Å². The summed E-state index contributed by atoms with van der Waals surface area (Å²) in [7, 11) is 0. The first-order chi connectivity index (χ1) is 15.6. The van der Waals surface area contributed by atoms with E-state index in [9.17, 15) is 14.0 Å². The third-order valence-corrected chi connectivity index (χ3v) is 5.76. The van der Waals surface area contributed by atoms with Crippen molar-refractivity contribution in [3.05, 3.63) is 90.2 Å².